The van der Waals surface area contributed by atoms with E-state index in [-0.39, 0.29) is 17.3 Å². The molecule has 0 aromatic carbocycles. The van der Waals surface area contributed by atoms with E-state index in [9.17, 15) is 18.0 Å². The topological polar surface area (TPSA) is 39.2 Å². The van der Waals surface area contributed by atoms with Gasteiger partial charge >= 0.3 is 12.1 Å². The maximum atomic E-state index is 12.1. The number of aryl methyl sites for hydroxylation is 1. The monoisotopic (exact) mass is 253 g/mol. The third-order valence-electron chi connectivity index (χ3n) is 1.66. The van der Waals surface area contributed by atoms with Gasteiger partial charge in [-0.3, -0.25) is 0 Å². The smallest absolute Gasteiger partial charge is 0.395 e. The van der Waals surface area contributed by atoms with Crippen molar-refractivity contribution < 1.29 is 22.7 Å². The summed E-state index contributed by atoms with van der Waals surface area (Å²) in [6.07, 6.45) is -5.42. The minimum atomic E-state index is -4.31. The summed E-state index contributed by atoms with van der Waals surface area (Å²) in [5.74, 6) is -0.676. The third-order valence-corrected chi connectivity index (χ3v) is 2.63. The SMILES string of the molecule is CCOC(=O)c1nc(CC(F)(F)F)sc1C. The van der Waals surface area contributed by atoms with Crippen LogP contribution in [0, 0.1) is 6.92 Å². The van der Waals surface area contributed by atoms with Gasteiger partial charge in [-0.2, -0.15) is 13.2 Å². The second-order valence-electron chi connectivity index (χ2n) is 3.02. The van der Waals surface area contributed by atoms with Crippen LogP contribution < -0.4 is 0 Å². The summed E-state index contributed by atoms with van der Waals surface area (Å²) in [5.41, 5.74) is -0.0221. The molecule has 0 aliphatic carbocycles. The Morgan fingerprint density at radius 2 is 2.12 bits per heavy atom. The van der Waals surface area contributed by atoms with E-state index in [0.29, 0.717) is 4.88 Å². The van der Waals surface area contributed by atoms with Gasteiger partial charge in [0.1, 0.15) is 5.01 Å². The summed E-state index contributed by atoms with van der Waals surface area (Å²) in [5, 5.41) is -0.118. The van der Waals surface area contributed by atoms with E-state index in [4.69, 9.17) is 0 Å². The van der Waals surface area contributed by atoms with E-state index in [2.05, 4.69) is 9.72 Å². The van der Waals surface area contributed by atoms with Crippen LogP contribution in [-0.4, -0.2) is 23.7 Å². The highest BCUT2D eigenvalue weighted by Gasteiger charge is 2.30. The van der Waals surface area contributed by atoms with Crippen LogP contribution in [0.4, 0.5) is 13.2 Å². The normalized spacial score (nSPS) is 11.6. The average Bonchev–Trinajstić information content (AvgIpc) is 2.44. The first-order valence-corrected chi connectivity index (χ1v) is 5.35. The van der Waals surface area contributed by atoms with Crippen LogP contribution in [0.15, 0.2) is 0 Å². The Hall–Kier alpha value is -1.11. The first kappa shape index (κ1) is 13.0. The van der Waals surface area contributed by atoms with Crippen LogP contribution in [0.5, 0.6) is 0 Å². The van der Waals surface area contributed by atoms with Gasteiger partial charge in [-0.1, -0.05) is 0 Å². The van der Waals surface area contributed by atoms with E-state index in [1.54, 1.807) is 13.8 Å². The molecule has 1 heterocycles. The quantitative estimate of drug-likeness (QED) is 0.777. The summed E-state index contributed by atoms with van der Waals surface area (Å²) >= 11 is 0.863. The van der Waals surface area contributed by atoms with Crippen molar-refractivity contribution in [2.45, 2.75) is 26.4 Å². The largest absolute Gasteiger partial charge is 0.461 e. The number of aromatic nitrogens is 1. The first-order chi connectivity index (χ1) is 7.33. The Kier molecular flexibility index (Phi) is 3.90. The van der Waals surface area contributed by atoms with Gasteiger partial charge in [0.2, 0.25) is 0 Å². The molecule has 1 aromatic heterocycles. The highest BCUT2D eigenvalue weighted by atomic mass is 32.1. The Morgan fingerprint density at radius 3 is 2.62 bits per heavy atom. The lowest BCUT2D eigenvalue weighted by Gasteiger charge is -2.01. The predicted molar refractivity (Wildman–Crippen MR) is 52.6 cm³/mol. The molecule has 16 heavy (non-hydrogen) atoms. The van der Waals surface area contributed by atoms with E-state index >= 15 is 0 Å². The molecule has 0 amide bonds. The maximum absolute atomic E-state index is 12.1. The number of hydrogen-bond acceptors (Lipinski definition) is 4. The molecule has 0 N–H and O–H groups in total. The minimum absolute atomic E-state index is 0.0221. The predicted octanol–water partition coefficient (Wildman–Crippen LogP) is 2.73. The van der Waals surface area contributed by atoms with Crippen molar-refractivity contribution in [2.24, 2.45) is 0 Å². The van der Waals surface area contributed by atoms with Gasteiger partial charge in [0.15, 0.2) is 5.69 Å². The van der Waals surface area contributed by atoms with Crippen LogP contribution in [0.1, 0.15) is 27.3 Å². The lowest BCUT2D eigenvalue weighted by atomic mass is 10.4. The Balaban J connectivity index is 2.86. The number of carbonyl (C=O) groups is 1. The summed E-state index contributed by atoms with van der Waals surface area (Å²) in [6.45, 7) is 3.34. The average molecular weight is 253 g/mol. The number of hydrogen-bond donors (Lipinski definition) is 0. The maximum Gasteiger partial charge on any atom is 0.395 e. The fraction of sp³-hybridized carbons (Fsp3) is 0.556. The number of esters is 1. The number of rotatable bonds is 3. The third kappa shape index (κ3) is 3.48. The standard InChI is InChI=1S/C9H10F3NO2S/c1-3-15-8(14)7-5(2)16-6(13-7)4-9(10,11)12/h3-4H2,1-2H3. The van der Waals surface area contributed by atoms with Crippen molar-refractivity contribution >= 4 is 17.3 Å². The van der Waals surface area contributed by atoms with Gasteiger partial charge in [-0.15, -0.1) is 11.3 Å². The molecular weight excluding hydrogens is 243 g/mol. The molecule has 0 fully saturated rings. The van der Waals surface area contributed by atoms with Gasteiger partial charge in [0.25, 0.3) is 0 Å². The van der Waals surface area contributed by atoms with Crippen LogP contribution >= 0.6 is 11.3 Å². The Labute approximate surface area is 94.3 Å². The molecule has 0 radical (unpaired) electrons. The Bertz CT molecular complexity index is 387. The highest BCUT2D eigenvalue weighted by molar-refractivity contribution is 7.11. The van der Waals surface area contributed by atoms with Gasteiger partial charge in [0, 0.05) is 4.88 Å². The molecule has 1 rings (SSSR count). The van der Waals surface area contributed by atoms with Crippen LogP contribution in [-0.2, 0) is 11.2 Å². The molecule has 0 bridgehead atoms. The second-order valence-corrected chi connectivity index (χ2v) is 4.31. The molecule has 0 aliphatic heterocycles. The van der Waals surface area contributed by atoms with Gasteiger partial charge in [-0.05, 0) is 13.8 Å². The number of nitrogens with zero attached hydrogens (tertiary/aromatic N) is 1. The molecule has 3 nitrogen and oxygen atoms in total. The number of carbonyl (C=O) groups excluding carboxylic acids is 1. The van der Waals surface area contributed by atoms with Crippen LogP contribution in [0.3, 0.4) is 0 Å². The fourth-order valence-electron chi connectivity index (χ4n) is 1.09. The molecule has 0 spiro atoms. The van der Waals surface area contributed by atoms with Gasteiger partial charge in [-0.25, -0.2) is 9.78 Å². The van der Waals surface area contributed by atoms with E-state index in [1.165, 1.54) is 0 Å². The van der Waals surface area contributed by atoms with Gasteiger partial charge in [0.05, 0.1) is 13.0 Å². The number of ether oxygens (including phenoxy) is 1. The van der Waals surface area contributed by atoms with Crippen molar-refractivity contribution in [2.75, 3.05) is 6.61 Å². The number of alkyl halides is 3. The lowest BCUT2D eigenvalue weighted by Crippen LogP contribution is -2.12. The molecule has 1 aromatic rings. The Morgan fingerprint density at radius 1 is 1.50 bits per heavy atom. The van der Waals surface area contributed by atoms with Crippen molar-refractivity contribution in [3.63, 3.8) is 0 Å². The summed E-state index contributed by atoms with van der Waals surface area (Å²) in [4.78, 5) is 15.4. The lowest BCUT2D eigenvalue weighted by molar-refractivity contribution is -0.127. The second kappa shape index (κ2) is 4.82. The zero-order valence-corrected chi connectivity index (χ0v) is 9.54. The molecule has 0 atom stereocenters. The fourth-order valence-corrected chi connectivity index (χ4v) is 2.04. The van der Waals surface area contributed by atoms with Gasteiger partial charge < -0.3 is 4.74 Å². The zero-order valence-electron chi connectivity index (χ0n) is 8.72. The summed E-state index contributed by atoms with van der Waals surface area (Å²) < 4.78 is 40.9. The number of thiazole rings is 1. The van der Waals surface area contributed by atoms with Crippen molar-refractivity contribution in [1.82, 2.24) is 4.98 Å². The van der Waals surface area contributed by atoms with E-state index < -0.39 is 18.6 Å². The van der Waals surface area contributed by atoms with E-state index in [0.717, 1.165) is 11.3 Å². The number of halogens is 3. The summed E-state index contributed by atoms with van der Waals surface area (Å²) in [7, 11) is 0. The molecule has 90 valence electrons. The molecule has 0 saturated carbocycles. The van der Waals surface area contributed by atoms with Crippen molar-refractivity contribution in [1.29, 1.82) is 0 Å². The van der Waals surface area contributed by atoms with Crippen molar-refractivity contribution in [3.05, 3.63) is 15.6 Å². The first-order valence-electron chi connectivity index (χ1n) is 4.53. The molecule has 7 heteroatoms. The summed E-state index contributed by atoms with van der Waals surface area (Å²) in [6, 6.07) is 0. The molecular formula is C9H10F3NO2S. The van der Waals surface area contributed by atoms with Crippen molar-refractivity contribution in [3.8, 4) is 0 Å². The molecule has 0 saturated heterocycles. The minimum Gasteiger partial charge on any atom is -0.461 e. The molecule has 0 unspecified atom stereocenters. The van der Waals surface area contributed by atoms with Crippen LogP contribution in [0.2, 0.25) is 0 Å². The molecule has 0 aliphatic rings. The highest BCUT2D eigenvalue weighted by Crippen LogP contribution is 2.26. The van der Waals surface area contributed by atoms with E-state index in [1.807, 2.05) is 0 Å². The van der Waals surface area contributed by atoms with Crippen LogP contribution in [0.25, 0.3) is 0 Å². The zero-order chi connectivity index (χ0) is 12.3.